The number of hydrogen-bond donors (Lipinski definition) is 1. The van der Waals surface area contributed by atoms with Gasteiger partial charge < -0.3 is 10.3 Å². The second kappa shape index (κ2) is 4.47. The molecule has 3 rings (SSSR count). The lowest BCUT2D eigenvalue weighted by atomic mass is 9.83. The Morgan fingerprint density at radius 2 is 1.70 bits per heavy atom. The van der Waals surface area contributed by atoms with Gasteiger partial charge in [-0.05, 0) is 46.1 Å². The summed E-state index contributed by atoms with van der Waals surface area (Å²) in [6.45, 7) is 8.60. The van der Waals surface area contributed by atoms with Crippen LogP contribution in [-0.4, -0.2) is 14.5 Å². The number of fused-ring (bicyclic) bond motifs is 1. The van der Waals surface area contributed by atoms with Crippen LogP contribution in [0.4, 0.5) is 5.82 Å². The van der Waals surface area contributed by atoms with Gasteiger partial charge in [0.2, 0.25) is 0 Å². The van der Waals surface area contributed by atoms with E-state index in [0.29, 0.717) is 5.82 Å². The Labute approximate surface area is 120 Å². The van der Waals surface area contributed by atoms with E-state index < -0.39 is 0 Å². The first-order valence-electron chi connectivity index (χ1n) is 7.56. The van der Waals surface area contributed by atoms with E-state index in [-0.39, 0.29) is 5.54 Å². The number of nitrogen functional groups attached to an aromatic ring is 1. The summed E-state index contributed by atoms with van der Waals surface area (Å²) in [6.07, 6.45) is 6.39. The van der Waals surface area contributed by atoms with Crippen LogP contribution in [0.3, 0.4) is 0 Å². The number of hydrogen-bond acceptors (Lipinski definition) is 3. The molecule has 0 bridgehead atoms. The molecule has 0 saturated heterocycles. The van der Waals surface area contributed by atoms with Crippen LogP contribution in [-0.2, 0) is 5.54 Å². The standard InChI is InChI=1S/C16H24N4/c1-10-11(2)20(16(4)8-6-5-7-9-16)15-13(10)14(17)18-12(3)19-15/h5-9H2,1-4H3,(H2,17,18,19). The van der Waals surface area contributed by atoms with Gasteiger partial charge in [-0.15, -0.1) is 0 Å². The highest BCUT2D eigenvalue weighted by atomic mass is 15.1. The van der Waals surface area contributed by atoms with Crippen molar-refractivity contribution in [1.29, 1.82) is 0 Å². The van der Waals surface area contributed by atoms with Crippen LogP contribution in [0.5, 0.6) is 0 Å². The molecule has 0 radical (unpaired) electrons. The highest BCUT2D eigenvalue weighted by Crippen LogP contribution is 2.40. The topological polar surface area (TPSA) is 56.7 Å². The van der Waals surface area contributed by atoms with Crippen molar-refractivity contribution in [2.24, 2.45) is 0 Å². The van der Waals surface area contributed by atoms with E-state index in [4.69, 9.17) is 10.7 Å². The van der Waals surface area contributed by atoms with Gasteiger partial charge in [0, 0.05) is 11.2 Å². The molecule has 4 heteroatoms. The number of rotatable bonds is 1. The second-order valence-electron chi connectivity index (χ2n) is 6.46. The summed E-state index contributed by atoms with van der Waals surface area (Å²) >= 11 is 0. The first kappa shape index (κ1) is 13.4. The van der Waals surface area contributed by atoms with Crippen LogP contribution in [0.2, 0.25) is 0 Å². The number of nitrogens with two attached hydrogens (primary N) is 1. The molecule has 0 aromatic carbocycles. The fourth-order valence-corrected chi connectivity index (χ4v) is 3.81. The van der Waals surface area contributed by atoms with Gasteiger partial charge in [0.25, 0.3) is 0 Å². The van der Waals surface area contributed by atoms with Gasteiger partial charge in [0.15, 0.2) is 0 Å². The van der Waals surface area contributed by atoms with Gasteiger partial charge in [-0.3, -0.25) is 0 Å². The van der Waals surface area contributed by atoms with E-state index >= 15 is 0 Å². The fraction of sp³-hybridized carbons (Fsp3) is 0.625. The second-order valence-corrected chi connectivity index (χ2v) is 6.46. The number of anilines is 1. The van der Waals surface area contributed by atoms with E-state index in [1.807, 2.05) is 6.92 Å². The molecule has 108 valence electrons. The van der Waals surface area contributed by atoms with Crippen molar-refractivity contribution in [3.63, 3.8) is 0 Å². The molecule has 1 aliphatic carbocycles. The van der Waals surface area contributed by atoms with E-state index in [1.54, 1.807) is 0 Å². The SMILES string of the molecule is Cc1nc(N)c2c(C)c(C)n(C3(C)CCCCC3)c2n1. The quantitative estimate of drug-likeness (QED) is 0.862. The van der Waals surface area contributed by atoms with Crippen LogP contribution >= 0.6 is 0 Å². The lowest BCUT2D eigenvalue weighted by molar-refractivity contribution is 0.221. The van der Waals surface area contributed by atoms with Gasteiger partial charge >= 0.3 is 0 Å². The molecule has 1 fully saturated rings. The Bertz CT molecular complexity index is 663. The lowest BCUT2D eigenvalue weighted by Crippen LogP contribution is -2.33. The zero-order chi connectivity index (χ0) is 14.5. The molecule has 1 aliphatic rings. The largest absolute Gasteiger partial charge is 0.383 e. The lowest BCUT2D eigenvalue weighted by Gasteiger charge is -2.37. The summed E-state index contributed by atoms with van der Waals surface area (Å²) in [5.74, 6) is 1.37. The molecule has 0 aliphatic heterocycles. The van der Waals surface area contributed by atoms with Crippen LogP contribution < -0.4 is 5.73 Å². The smallest absolute Gasteiger partial charge is 0.146 e. The van der Waals surface area contributed by atoms with Crippen molar-refractivity contribution in [3.05, 3.63) is 17.1 Å². The summed E-state index contributed by atoms with van der Waals surface area (Å²) in [4.78, 5) is 9.05. The monoisotopic (exact) mass is 272 g/mol. The summed E-state index contributed by atoms with van der Waals surface area (Å²) in [5, 5.41) is 1.04. The number of aryl methyl sites for hydroxylation is 2. The van der Waals surface area contributed by atoms with E-state index in [0.717, 1.165) is 16.9 Å². The summed E-state index contributed by atoms with van der Waals surface area (Å²) in [5.41, 5.74) is 9.85. The van der Waals surface area contributed by atoms with Crippen molar-refractivity contribution >= 4 is 16.9 Å². The summed E-state index contributed by atoms with van der Waals surface area (Å²) < 4.78 is 2.43. The Morgan fingerprint density at radius 3 is 2.35 bits per heavy atom. The predicted molar refractivity (Wildman–Crippen MR) is 82.9 cm³/mol. The van der Waals surface area contributed by atoms with Gasteiger partial charge in [-0.25, -0.2) is 9.97 Å². The molecule has 0 atom stereocenters. The minimum Gasteiger partial charge on any atom is -0.383 e. The highest BCUT2D eigenvalue weighted by molar-refractivity contribution is 5.91. The van der Waals surface area contributed by atoms with Crippen LogP contribution in [0.25, 0.3) is 11.0 Å². The Kier molecular flexibility index (Phi) is 3.00. The van der Waals surface area contributed by atoms with E-state index in [1.165, 1.54) is 43.4 Å². The highest BCUT2D eigenvalue weighted by Gasteiger charge is 2.33. The zero-order valence-electron chi connectivity index (χ0n) is 13.0. The minimum atomic E-state index is 0.169. The summed E-state index contributed by atoms with van der Waals surface area (Å²) in [6, 6.07) is 0. The Morgan fingerprint density at radius 1 is 1.05 bits per heavy atom. The number of nitrogens with zero attached hydrogens (tertiary/aromatic N) is 3. The average Bonchev–Trinajstić information content (AvgIpc) is 2.63. The minimum absolute atomic E-state index is 0.169. The third-order valence-corrected chi connectivity index (χ3v) is 4.97. The van der Waals surface area contributed by atoms with Crippen molar-refractivity contribution in [2.45, 2.75) is 65.3 Å². The van der Waals surface area contributed by atoms with Crippen molar-refractivity contribution < 1.29 is 0 Å². The van der Waals surface area contributed by atoms with E-state index in [2.05, 4.69) is 30.3 Å². The summed E-state index contributed by atoms with van der Waals surface area (Å²) in [7, 11) is 0. The molecule has 4 nitrogen and oxygen atoms in total. The van der Waals surface area contributed by atoms with E-state index in [9.17, 15) is 0 Å². The van der Waals surface area contributed by atoms with Gasteiger partial charge in [0.05, 0.1) is 5.39 Å². The predicted octanol–water partition coefficient (Wildman–Crippen LogP) is 3.62. The molecule has 2 aromatic rings. The molecule has 2 aromatic heterocycles. The first-order chi connectivity index (χ1) is 9.44. The maximum atomic E-state index is 6.15. The fourth-order valence-electron chi connectivity index (χ4n) is 3.81. The maximum absolute atomic E-state index is 6.15. The average molecular weight is 272 g/mol. The molecule has 1 saturated carbocycles. The Hall–Kier alpha value is -1.58. The van der Waals surface area contributed by atoms with Crippen LogP contribution in [0.15, 0.2) is 0 Å². The van der Waals surface area contributed by atoms with Gasteiger partial charge in [-0.2, -0.15) is 0 Å². The van der Waals surface area contributed by atoms with Crippen molar-refractivity contribution in [1.82, 2.24) is 14.5 Å². The van der Waals surface area contributed by atoms with Crippen molar-refractivity contribution in [3.8, 4) is 0 Å². The molecule has 0 unspecified atom stereocenters. The van der Waals surface area contributed by atoms with Crippen LogP contribution in [0.1, 0.15) is 56.1 Å². The third-order valence-electron chi connectivity index (χ3n) is 4.97. The molecular weight excluding hydrogens is 248 g/mol. The zero-order valence-corrected chi connectivity index (χ0v) is 13.0. The van der Waals surface area contributed by atoms with Crippen LogP contribution in [0, 0.1) is 20.8 Å². The molecule has 0 spiro atoms. The Balaban J connectivity index is 2.32. The van der Waals surface area contributed by atoms with Crippen molar-refractivity contribution in [2.75, 3.05) is 5.73 Å². The maximum Gasteiger partial charge on any atom is 0.146 e. The molecule has 2 heterocycles. The van der Waals surface area contributed by atoms with Gasteiger partial charge in [0.1, 0.15) is 17.3 Å². The number of aromatic nitrogens is 3. The molecule has 20 heavy (non-hydrogen) atoms. The first-order valence-corrected chi connectivity index (χ1v) is 7.56. The third kappa shape index (κ3) is 1.81. The van der Waals surface area contributed by atoms with Gasteiger partial charge in [-0.1, -0.05) is 19.3 Å². The molecule has 2 N–H and O–H groups in total. The molecular formula is C16H24N4. The molecule has 0 amide bonds. The normalized spacial score (nSPS) is 18.6.